The monoisotopic (exact) mass is 434 g/mol. The number of hydrogen-bond acceptors (Lipinski definition) is 7. The van der Waals surface area contributed by atoms with Crippen molar-refractivity contribution >= 4 is 22.4 Å². The fourth-order valence-electron chi connectivity index (χ4n) is 5.87. The largest absolute Gasteiger partial charge is 0.389 e. The van der Waals surface area contributed by atoms with Gasteiger partial charge in [-0.2, -0.15) is 10.4 Å². The van der Waals surface area contributed by atoms with Crippen molar-refractivity contribution in [2.45, 2.75) is 101 Å². The number of rotatable bonds is 4. The topological polar surface area (TPSA) is 101 Å². The third-order valence-electron chi connectivity index (χ3n) is 7.97. The fraction of sp³-hybridized carbons (Fsp3) is 0.667. The van der Waals surface area contributed by atoms with Crippen LogP contribution in [0.25, 0.3) is 11.0 Å². The summed E-state index contributed by atoms with van der Waals surface area (Å²) in [7, 11) is 0. The van der Waals surface area contributed by atoms with Crippen LogP contribution in [0.4, 0.5) is 5.69 Å². The Morgan fingerprint density at radius 1 is 1.19 bits per heavy atom. The van der Waals surface area contributed by atoms with E-state index in [1.165, 1.54) is 32.1 Å². The van der Waals surface area contributed by atoms with E-state index in [1.54, 1.807) is 0 Å². The first-order chi connectivity index (χ1) is 15.7. The normalized spacial score (nSPS) is 32.1. The second kappa shape index (κ2) is 7.45. The van der Waals surface area contributed by atoms with E-state index in [1.807, 2.05) is 17.1 Å². The van der Waals surface area contributed by atoms with E-state index in [2.05, 4.69) is 28.6 Å². The van der Waals surface area contributed by atoms with E-state index < -0.39 is 0 Å². The van der Waals surface area contributed by atoms with E-state index in [4.69, 9.17) is 14.6 Å². The zero-order valence-electron chi connectivity index (χ0n) is 18.6. The molecule has 1 unspecified atom stereocenters. The van der Waals surface area contributed by atoms with Crippen molar-refractivity contribution < 1.29 is 9.57 Å². The SMILES string of the molecule is CCn1ncc2c(NC3CCCCC3)c(C3=NOC4(CCC5(CC4)OC5C#N)C3)cnc21. The molecule has 0 radical (unpaired) electrons. The van der Waals surface area contributed by atoms with Crippen molar-refractivity contribution in [3.63, 3.8) is 0 Å². The van der Waals surface area contributed by atoms with Gasteiger partial charge in [0.25, 0.3) is 0 Å². The molecule has 0 amide bonds. The molecule has 0 aromatic carbocycles. The zero-order valence-corrected chi connectivity index (χ0v) is 18.6. The highest BCUT2D eigenvalue weighted by molar-refractivity contribution is 6.10. The lowest BCUT2D eigenvalue weighted by Crippen LogP contribution is -2.38. The summed E-state index contributed by atoms with van der Waals surface area (Å²) < 4.78 is 7.64. The summed E-state index contributed by atoms with van der Waals surface area (Å²) in [5, 5.41) is 23.2. The molecular weight excluding hydrogens is 404 g/mol. The summed E-state index contributed by atoms with van der Waals surface area (Å²) in [6.45, 7) is 2.88. The molecule has 6 rings (SSSR count). The predicted molar refractivity (Wildman–Crippen MR) is 120 cm³/mol. The van der Waals surface area contributed by atoms with Crippen molar-refractivity contribution in [2.75, 3.05) is 5.32 Å². The van der Waals surface area contributed by atoms with Crippen LogP contribution in [-0.2, 0) is 16.1 Å². The lowest BCUT2D eigenvalue weighted by Gasteiger charge is -2.33. The number of oxime groups is 1. The summed E-state index contributed by atoms with van der Waals surface area (Å²) in [5.41, 5.74) is 3.51. The first kappa shape index (κ1) is 20.0. The lowest BCUT2D eigenvalue weighted by atomic mass is 9.75. The summed E-state index contributed by atoms with van der Waals surface area (Å²) in [6, 6.07) is 2.74. The van der Waals surface area contributed by atoms with Gasteiger partial charge in [0.1, 0.15) is 11.2 Å². The van der Waals surface area contributed by atoms with Gasteiger partial charge in [-0.3, -0.25) is 0 Å². The number of nitriles is 1. The molecule has 3 fully saturated rings. The molecule has 32 heavy (non-hydrogen) atoms. The molecule has 1 atom stereocenters. The third kappa shape index (κ3) is 3.17. The molecule has 2 aromatic rings. The predicted octanol–water partition coefficient (Wildman–Crippen LogP) is 4.29. The van der Waals surface area contributed by atoms with Crippen molar-refractivity contribution in [3.05, 3.63) is 18.0 Å². The molecule has 2 aliphatic heterocycles. The Balaban J connectivity index is 1.28. The van der Waals surface area contributed by atoms with Crippen LogP contribution < -0.4 is 5.32 Å². The Hall–Kier alpha value is -2.66. The lowest BCUT2D eigenvalue weighted by molar-refractivity contribution is -0.0580. The molecule has 2 aromatic heterocycles. The molecule has 4 heterocycles. The van der Waals surface area contributed by atoms with Crippen molar-refractivity contribution in [3.8, 4) is 6.07 Å². The number of nitrogens with one attached hydrogen (secondary N) is 1. The maximum absolute atomic E-state index is 9.19. The Morgan fingerprint density at radius 2 is 2.00 bits per heavy atom. The summed E-state index contributed by atoms with van der Waals surface area (Å²) >= 11 is 0. The van der Waals surface area contributed by atoms with Gasteiger partial charge in [-0.05, 0) is 45.4 Å². The van der Waals surface area contributed by atoms with Crippen LogP contribution in [0.3, 0.4) is 0 Å². The van der Waals surface area contributed by atoms with Gasteiger partial charge in [0.15, 0.2) is 11.8 Å². The molecule has 0 bridgehead atoms. The number of aryl methyl sites for hydroxylation is 1. The van der Waals surface area contributed by atoms with Gasteiger partial charge in [-0.15, -0.1) is 0 Å². The molecule has 2 aliphatic carbocycles. The smallest absolute Gasteiger partial charge is 0.173 e. The number of ether oxygens (including phenoxy) is 1. The molecule has 168 valence electrons. The molecule has 8 nitrogen and oxygen atoms in total. The van der Waals surface area contributed by atoms with Gasteiger partial charge in [0.05, 0.1) is 29.1 Å². The van der Waals surface area contributed by atoms with E-state index in [0.29, 0.717) is 6.04 Å². The number of fused-ring (bicyclic) bond motifs is 1. The summed E-state index contributed by atoms with van der Waals surface area (Å²) in [4.78, 5) is 10.9. The summed E-state index contributed by atoms with van der Waals surface area (Å²) in [6.07, 6.45) is 14.1. The second-order valence-electron chi connectivity index (χ2n) is 9.90. The number of nitrogens with zero attached hydrogens (tertiary/aromatic N) is 5. The number of epoxide rings is 1. The maximum Gasteiger partial charge on any atom is 0.173 e. The molecule has 1 N–H and O–H groups in total. The van der Waals surface area contributed by atoms with Crippen LogP contribution in [0.5, 0.6) is 0 Å². The third-order valence-corrected chi connectivity index (χ3v) is 7.97. The number of anilines is 1. The molecular formula is C24H30N6O2. The first-order valence-corrected chi connectivity index (χ1v) is 12.1. The van der Waals surface area contributed by atoms with Crippen LogP contribution in [0.1, 0.15) is 76.7 Å². The summed E-state index contributed by atoms with van der Waals surface area (Å²) in [5.74, 6) is 0. The number of pyridine rings is 1. The Kier molecular flexibility index (Phi) is 4.65. The number of hydrogen-bond donors (Lipinski definition) is 1. The van der Waals surface area contributed by atoms with Crippen molar-refractivity contribution in [1.82, 2.24) is 14.8 Å². The second-order valence-corrected chi connectivity index (χ2v) is 9.90. The molecule has 2 saturated carbocycles. The quantitative estimate of drug-likeness (QED) is 0.720. The minimum atomic E-state index is -0.281. The van der Waals surface area contributed by atoms with Gasteiger partial charge in [0.2, 0.25) is 0 Å². The Morgan fingerprint density at radius 3 is 2.72 bits per heavy atom. The van der Waals surface area contributed by atoms with Crippen LogP contribution >= 0.6 is 0 Å². The van der Waals surface area contributed by atoms with Crippen LogP contribution in [0.15, 0.2) is 17.5 Å². The molecule has 4 aliphatic rings. The van der Waals surface area contributed by atoms with E-state index in [9.17, 15) is 5.26 Å². The minimum Gasteiger partial charge on any atom is -0.389 e. The molecule has 1 saturated heterocycles. The molecule has 8 heteroatoms. The number of aromatic nitrogens is 3. The van der Waals surface area contributed by atoms with Crippen LogP contribution in [-0.4, -0.2) is 43.8 Å². The van der Waals surface area contributed by atoms with Crippen LogP contribution in [0, 0.1) is 11.3 Å². The highest BCUT2D eigenvalue weighted by Crippen LogP contribution is 2.53. The van der Waals surface area contributed by atoms with Gasteiger partial charge < -0.3 is 14.9 Å². The van der Waals surface area contributed by atoms with Gasteiger partial charge in [-0.25, -0.2) is 9.67 Å². The fourth-order valence-corrected chi connectivity index (χ4v) is 5.87. The first-order valence-electron chi connectivity index (χ1n) is 12.1. The zero-order chi connectivity index (χ0) is 21.8. The van der Waals surface area contributed by atoms with Gasteiger partial charge in [-0.1, -0.05) is 24.4 Å². The maximum atomic E-state index is 9.19. The van der Waals surface area contributed by atoms with E-state index in [-0.39, 0.29) is 17.3 Å². The van der Waals surface area contributed by atoms with Crippen molar-refractivity contribution in [1.29, 1.82) is 5.26 Å². The average Bonchev–Trinajstić information content (AvgIpc) is 3.15. The Labute approximate surface area is 188 Å². The van der Waals surface area contributed by atoms with E-state index >= 15 is 0 Å². The average molecular weight is 435 g/mol. The highest BCUT2D eigenvalue weighted by atomic mass is 16.7. The van der Waals surface area contributed by atoms with Crippen LogP contribution in [0.2, 0.25) is 0 Å². The standard InChI is InChI=1S/C24H30N6O2/c1-2-30-22-18(15-27-30)21(28-16-6-4-3-5-7-16)17(14-26-22)19-12-23(32-29-19)8-10-24(11-9-23)20(13-25)31-24/h14-16,20H,2-12H2,1H3,(H,26,28). The Bertz CT molecular complexity index is 1100. The van der Waals surface area contributed by atoms with E-state index in [0.717, 1.165) is 66.6 Å². The van der Waals surface area contributed by atoms with Gasteiger partial charge >= 0.3 is 0 Å². The van der Waals surface area contributed by atoms with Crippen molar-refractivity contribution in [2.24, 2.45) is 5.16 Å². The highest BCUT2D eigenvalue weighted by Gasteiger charge is 2.61. The van der Waals surface area contributed by atoms with Gasteiger partial charge in [0, 0.05) is 30.8 Å². The minimum absolute atomic E-state index is 0.227. The molecule has 2 spiro atoms.